The maximum absolute atomic E-state index is 13.6. The van der Waals surface area contributed by atoms with E-state index in [0.29, 0.717) is 5.69 Å². The summed E-state index contributed by atoms with van der Waals surface area (Å²) in [5, 5.41) is 5.55. The largest absolute Gasteiger partial charge is 0.381 e. The van der Waals surface area contributed by atoms with Gasteiger partial charge in [-0.1, -0.05) is 31.0 Å². The fourth-order valence-corrected chi connectivity index (χ4v) is 4.78. The molecule has 1 aromatic carbocycles. The Bertz CT molecular complexity index is 804. The van der Waals surface area contributed by atoms with Crippen LogP contribution < -0.4 is 0 Å². The molecule has 0 N–H and O–H groups in total. The molecule has 3 heterocycles. The summed E-state index contributed by atoms with van der Waals surface area (Å²) >= 11 is 0. The lowest BCUT2D eigenvalue weighted by atomic mass is 10.1. The molecular weight excluding hydrogens is 364 g/mol. The van der Waals surface area contributed by atoms with Crippen LogP contribution in [0.3, 0.4) is 0 Å². The Morgan fingerprint density at radius 2 is 1.86 bits per heavy atom. The number of hydrogen-bond donors (Lipinski definition) is 0. The van der Waals surface area contributed by atoms with Crippen molar-refractivity contribution in [3.8, 4) is 0 Å². The van der Waals surface area contributed by atoms with Crippen LogP contribution in [0.2, 0.25) is 0 Å². The molecule has 6 heteroatoms. The summed E-state index contributed by atoms with van der Waals surface area (Å²) < 4.78 is 7.38. The Morgan fingerprint density at radius 1 is 1.14 bits per heavy atom. The first-order valence-electron chi connectivity index (χ1n) is 11.3. The van der Waals surface area contributed by atoms with Gasteiger partial charge in [0.25, 0.3) is 5.91 Å². The van der Waals surface area contributed by atoms with E-state index in [0.717, 1.165) is 56.5 Å². The van der Waals surface area contributed by atoms with Crippen LogP contribution in [0, 0.1) is 0 Å². The lowest BCUT2D eigenvalue weighted by Gasteiger charge is -2.34. The van der Waals surface area contributed by atoms with Gasteiger partial charge in [-0.3, -0.25) is 9.48 Å². The fraction of sp³-hybridized carbons (Fsp3) is 0.652. The van der Waals surface area contributed by atoms with Crippen molar-refractivity contribution in [3.63, 3.8) is 0 Å². The van der Waals surface area contributed by atoms with Crippen LogP contribution >= 0.6 is 0 Å². The highest BCUT2D eigenvalue weighted by Crippen LogP contribution is 2.23. The van der Waals surface area contributed by atoms with Crippen LogP contribution in [0.4, 0.5) is 0 Å². The second-order valence-electron chi connectivity index (χ2n) is 8.44. The number of amides is 1. The SMILES string of the molecule is Cn1nc(C(=O)N(CCCN2CCCCCC2)C2CCOCC2)c2ccccc21. The number of para-hydroxylation sites is 1. The Kier molecular flexibility index (Phi) is 6.82. The second-order valence-corrected chi connectivity index (χ2v) is 8.44. The molecule has 2 aliphatic rings. The molecule has 6 nitrogen and oxygen atoms in total. The van der Waals surface area contributed by atoms with Gasteiger partial charge < -0.3 is 14.5 Å². The number of fused-ring (bicyclic) bond motifs is 1. The molecule has 0 saturated carbocycles. The molecule has 158 valence electrons. The van der Waals surface area contributed by atoms with E-state index < -0.39 is 0 Å². The summed E-state index contributed by atoms with van der Waals surface area (Å²) in [6.07, 6.45) is 8.19. The molecule has 0 atom stereocenters. The number of likely N-dealkylation sites (tertiary alicyclic amines) is 1. The number of ether oxygens (including phenoxy) is 1. The first-order valence-corrected chi connectivity index (χ1v) is 11.3. The normalized spacial score (nSPS) is 19.3. The van der Waals surface area contributed by atoms with Crippen molar-refractivity contribution in [2.45, 2.75) is 51.0 Å². The molecule has 29 heavy (non-hydrogen) atoms. The number of aromatic nitrogens is 2. The van der Waals surface area contributed by atoms with E-state index in [9.17, 15) is 4.79 Å². The minimum Gasteiger partial charge on any atom is -0.381 e. The Labute approximate surface area is 173 Å². The molecule has 2 fully saturated rings. The van der Waals surface area contributed by atoms with Crippen molar-refractivity contribution in [2.24, 2.45) is 7.05 Å². The van der Waals surface area contributed by atoms with Crippen LogP contribution in [-0.4, -0.2) is 70.9 Å². The number of carbonyl (C=O) groups excluding carboxylic acids is 1. The Morgan fingerprint density at radius 3 is 2.62 bits per heavy atom. The number of rotatable bonds is 6. The minimum atomic E-state index is 0.0737. The predicted octanol–water partition coefficient (Wildman–Crippen LogP) is 3.46. The van der Waals surface area contributed by atoms with Crippen molar-refractivity contribution in [1.29, 1.82) is 0 Å². The number of hydrogen-bond acceptors (Lipinski definition) is 4. The molecule has 0 spiro atoms. The van der Waals surface area contributed by atoms with Crippen LogP contribution in [0.5, 0.6) is 0 Å². The van der Waals surface area contributed by atoms with Gasteiger partial charge in [0, 0.05) is 38.2 Å². The maximum atomic E-state index is 13.6. The average Bonchev–Trinajstić information content (AvgIpc) is 2.92. The van der Waals surface area contributed by atoms with Crippen LogP contribution in [0.1, 0.15) is 55.4 Å². The van der Waals surface area contributed by atoms with Crippen LogP contribution in [-0.2, 0) is 11.8 Å². The van der Waals surface area contributed by atoms with Gasteiger partial charge in [0.2, 0.25) is 0 Å². The first kappa shape index (κ1) is 20.4. The third-order valence-corrected chi connectivity index (χ3v) is 6.42. The highest BCUT2D eigenvalue weighted by atomic mass is 16.5. The van der Waals surface area contributed by atoms with Gasteiger partial charge in [0.05, 0.1) is 5.52 Å². The van der Waals surface area contributed by atoms with E-state index in [1.165, 1.54) is 38.8 Å². The summed E-state index contributed by atoms with van der Waals surface area (Å²) in [5.74, 6) is 0.0737. The van der Waals surface area contributed by atoms with Gasteiger partial charge in [-0.05, 0) is 57.8 Å². The van der Waals surface area contributed by atoms with E-state index in [4.69, 9.17) is 4.74 Å². The van der Waals surface area contributed by atoms with Gasteiger partial charge in [-0.25, -0.2) is 0 Å². The molecule has 1 aromatic heterocycles. The highest BCUT2D eigenvalue weighted by Gasteiger charge is 2.29. The molecule has 2 aromatic rings. The van der Waals surface area contributed by atoms with Gasteiger partial charge in [-0.15, -0.1) is 0 Å². The standard InChI is InChI=1S/C23H34N4O2/c1-25-21-10-5-4-9-20(21)22(24-25)23(28)27(19-11-17-29-18-12-19)16-8-15-26-13-6-2-3-7-14-26/h4-5,9-10,19H,2-3,6-8,11-18H2,1H3. The van der Waals surface area contributed by atoms with E-state index >= 15 is 0 Å². The van der Waals surface area contributed by atoms with E-state index in [2.05, 4.69) is 14.9 Å². The zero-order valence-corrected chi connectivity index (χ0v) is 17.7. The molecule has 2 saturated heterocycles. The Hall–Kier alpha value is -1.92. The first-order chi connectivity index (χ1) is 14.2. The number of benzene rings is 1. The van der Waals surface area contributed by atoms with E-state index in [1.54, 1.807) is 0 Å². The van der Waals surface area contributed by atoms with Gasteiger partial charge in [0.15, 0.2) is 5.69 Å². The second kappa shape index (κ2) is 9.72. The summed E-state index contributed by atoms with van der Waals surface area (Å²) in [4.78, 5) is 18.3. The lowest BCUT2D eigenvalue weighted by Crippen LogP contribution is -2.45. The van der Waals surface area contributed by atoms with Gasteiger partial charge >= 0.3 is 0 Å². The van der Waals surface area contributed by atoms with Crippen molar-refractivity contribution >= 4 is 16.8 Å². The monoisotopic (exact) mass is 398 g/mol. The quantitative estimate of drug-likeness (QED) is 0.748. The van der Waals surface area contributed by atoms with Gasteiger partial charge in [0.1, 0.15) is 0 Å². The predicted molar refractivity (Wildman–Crippen MR) is 115 cm³/mol. The van der Waals surface area contributed by atoms with Crippen molar-refractivity contribution in [1.82, 2.24) is 19.6 Å². The van der Waals surface area contributed by atoms with E-state index in [1.807, 2.05) is 36.0 Å². The molecule has 0 unspecified atom stereocenters. The van der Waals surface area contributed by atoms with Crippen LogP contribution in [0.25, 0.3) is 10.9 Å². The molecule has 0 bridgehead atoms. The lowest BCUT2D eigenvalue weighted by molar-refractivity contribution is 0.0277. The number of carbonyl (C=O) groups is 1. The Balaban J connectivity index is 1.49. The zero-order chi connectivity index (χ0) is 20.1. The average molecular weight is 399 g/mol. The third-order valence-electron chi connectivity index (χ3n) is 6.42. The molecule has 0 aliphatic carbocycles. The summed E-state index contributed by atoms with van der Waals surface area (Å²) in [6, 6.07) is 8.27. The maximum Gasteiger partial charge on any atom is 0.275 e. The van der Waals surface area contributed by atoms with Crippen LogP contribution in [0.15, 0.2) is 24.3 Å². The van der Waals surface area contributed by atoms with Crippen molar-refractivity contribution in [3.05, 3.63) is 30.0 Å². The number of nitrogens with zero attached hydrogens (tertiary/aromatic N) is 4. The summed E-state index contributed by atoms with van der Waals surface area (Å²) in [5.41, 5.74) is 1.59. The van der Waals surface area contributed by atoms with Crippen molar-refractivity contribution in [2.75, 3.05) is 39.4 Å². The molecule has 1 amide bonds. The zero-order valence-electron chi connectivity index (χ0n) is 17.7. The summed E-state index contributed by atoms with van der Waals surface area (Å²) in [6.45, 7) is 5.76. The van der Waals surface area contributed by atoms with Crippen molar-refractivity contribution < 1.29 is 9.53 Å². The van der Waals surface area contributed by atoms with E-state index in [-0.39, 0.29) is 11.9 Å². The molecular formula is C23H34N4O2. The third kappa shape index (κ3) is 4.81. The topological polar surface area (TPSA) is 50.6 Å². The molecule has 2 aliphatic heterocycles. The minimum absolute atomic E-state index is 0.0737. The molecule has 0 radical (unpaired) electrons. The fourth-order valence-electron chi connectivity index (χ4n) is 4.78. The smallest absolute Gasteiger partial charge is 0.275 e. The molecule has 4 rings (SSSR count). The highest BCUT2D eigenvalue weighted by molar-refractivity contribution is 6.05. The number of aryl methyl sites for hydroxylation is 1. The summed E-state index contributed by atoms with van der Waals surface area (Å²) in [7, 11) is 1.91. The van der Waals surface area contributed by atoms with Gasteiger partial charge in [-0.2, -0.15) is 5.10 Å².